The second-order valence-electron chi connectivity index (χ2n) is 9.25. The zero-order chi connectivity index (χ0) is 20.1. The van der Waals surface area contributed by atoms with Crippen molar-refractivity contribution in [3.05, 3.63) is 101 Å². The SMILES string of the molecule is C[C@@H]1c2c(ccc3ccccc23)CC[C@H]1Cc1cccc2ccc3c(c12)C=CCC3. The first kappa shape index (κ1) is 18.0. The van der Waals surface area contributed by atoms with Gasteiger partial charge in [-0.15, -0.1) is 0 Å². The van der Waals surface area contributed by atoms with Crippen LogP contribution in [-0.4, -0.2) is 0 Å². The van der Waals surface area contributed by atoms with Crippen LogP contribution in [0.2, 0.25) is 0 Å². The summed E-state index contributed by atoms with van der Waals surface area (Å²) >= 11 is 0. The standard InChI is InChI=1S/C30H28/c1-20-25(18-17-24-16-14-21-7-2-4-11-27(21)29(20)24)19-26-10-6-9-23-15-13-22-8-3-5-12-28(22)30(23)26/h2,4-7,9-16,20,25H,3,8,17-19H2,1H3/t20-,25-/m0/s1. The Morgan fingerprint density at radius 2 is 1.63 bits per heavy atom. The number of allylic oxidation sites excluding steroid dienone is 1. The van der Waals surface area contributed by atoms with E-state index in [1.165, 1.54) is 70.3 Å². The van der Waals surface area contributed by atoms with E-state index in [2.05, 4.69) is 85.8 Å². The predicted octanol–water partition coefficient (Wildman–Crippen LogP) is 7.86. The van der Waals surface area contributed by atoms with Crippen LogP contribution in [0.25, 0.3) is 27.6 Å². The second kappa shape index (κ2) is 7.13. The molecule has 0 radical (unpaired) electrons. The quantitative estimate of drug-likeness (QED) is 0.328. The molecule has 0 aromatic heterocycles. The maximum atomic E-state index is 2.47. The van der Waals surface area contributed by atoms with Crippen molar-refractivity contribution in [1.29, 1.82) is 0 Å². The summed E-state index contributed by atoms with van der Waals surface area (Å²) in [6.07, 6.45) is 10.7. The summed E-state index contributed by atoms with van der Waals surface area (Å²) in [5, 5.41) is 5.74. The number of benzene rings is 4. The third-order valence-corrected chi connectivity index (χ3v) is 7.62. The fraction of sp³-hybridized carbons (Fsp3) is 0.267. The monoisotopic (exact) mass is 388 g/mol. The first-order chi connectivity index (χ1) is 14.8. The van der Waals surface area contributed by atoms with E-state index in [4.69, 9.17) is 0 Å². The molecule has 2 atom stereocenters. The molecular weight excluding hydrogens is 360 g/mol. The number of rotatable bonds is 2. The van der Waals surface area contributed by atoms with Gasteiger partial charge in [-0.1, -0.05) is 85.8 Å². The molecule has 0 saturated carbocycles. The molecule has 30 heavy (non-hydrogen) atoms. The summed E-state index contributed by atoms with van der Waals surface area (Å²) in [5.41, 5.74) is 7.70. The van der Waals surface area contributed by atoms with E-state index < -0.39 is 0 Å². The van der Waals surface area contributed by atoms with Crippen molar-refractivity contribution >= 4 is 27.6 Å². The van der Waals surface area contributed by atoms with Gasteiger partial charge in [-0.25, -0.2) is 0 Å². The van der Waals surface area contributed by atoms with E-state index in [1.54, 1.807) is 11.1 Å². The van der Waals surface area contributed by atoms with Crippen LogP contribution in [0.1, 0.15) is 53.5 Å². The maximum Gasteiger partial charge on any atom is -0.00766 e. The Hall–Kier alpha value is -2.86. The van der Waals surface area contributed by atoms with E-state index in [9.17, 15) is 0 Å². The van der Waals surface area contributed by atoms with E-state index in [-0.39, 0.29) is 0 Å². The van der Waals surface area contributed by atoms with E-state index in [0.717, 1.165) is 0 Å². The van der Waals surface area contributed by atoms with Gasteiger partial charge < -0.3 is 0 Å². The Morgan fingerprint density at radius 1 is 0.800 bits per heavy atom. The van der Waals surface area contributed by atoms with Crippen molar-refractivity contribution in [3.63, 3.8) is 0 Å². The number of hydrogen-bond acceptors (Lipinski definition) is 0. The molecule has 0 amide bonds. The van der Waals surface area contributed by atoms with Crippen LogP contribution < -0.4 is 0 Å². The minimum absolute atomic E-state index is 0.588. The van der Waals surface area contributed by atoms with Crippen molar-refractivity contribution in [2.24, 2.45) is 5.92 Å². The average Bonchev–Trinajstić information content (AvgIpc) is 2.80. The van der Waals surface area contributed by atoms with Crippen LogP contribution in [0.15, 0.2) is 72.8 Å². The fourth-order valence-corrected chi connectivity index (χ4v) is 6.03. The van der Waals surface area contributed by atoms with Gasteiger partial charge in [-0.3, -0.25) is 0 Å². The van der Waals surface area contributed by atoms with Crippen LogP contribution in [0.4, 0.5) is 0 Å². The first-order valence-electron chi connectivity index (χ1n) is 11.5. The Morgan fingerprint density at radius 3 is 2.60 bits per heavy atom. The van der Waals surface area contributed by atoms with Gasteiger partial charge in [0.15, 0.2) is 0 Å². The molecule has 2 aliphatic rings. The number of fused-ring (bicyclic) bond motifs is 6. The van der Waals surface area contributed by atoms with Gasteiger partial charge in [0.25, 0.3) is 0 Å². The van der Waals surface area contributed by atoms with Crippen LogP contribution in [0, 0.1) is 5.92 Å². The van der Waals surface area contributed by atoms with E-state index in [0.29, 0.717) is 11.8 Å². The Bertz CT molecular complexity index is 1290. The average molecular weight is 389 g/mol. The van der Waals surface area contributed by atoms with Crippen molar-refractivity contribution in [1.82, 2.24) is 0 Å². The molecule has 0 N–H and O–H groups in total. The summed E-state index contributed by atoms with van der Waals surface area (Å²) in [6, 6.07) is 25.2. The summed E-state index contributed by atoms with van der Waals surface area (Å²) in [5.74, 6) is 1.28. The largest absolute Gasteiger partial charge is 0.0836 e. The molecule has 2 aliphatic carbocycles. The van der Waals surface area contributed by atoms with Gasteiger partial charge in [-0.05, 0) is 93.3 Å². The highest BCUT2D eigenvalue weighted by Gasteiger charge is 2.28. The molecular formula is C30H28. The maximum absolute atomic E-state index is 2.47. The third kappa shape index (κ3) is 2.82. The fourth-order valence-electron chi connectivity index (χ4n) is 6.03. The molecule has 0 heteroatoms. The summed E-state index contributed by atoms with van der Waals surface area (Å²) in [7, 11) is 0. The Labute approximate surface area is 179 Å². The lowest BCUT2D eigenvalue weighted by molar-refractivity contribution is 0.392. The van der Waals surface area contributed by atoms with Crippen LogP contribution in [0.3, 0.4) is 0 Å². The zero-order valence-corrected chi connectivity index (χ0v) is 17.7. The third-order valence-electron chi connectivity index (χ3n) is 7.62. The molecule has 0 bridgehead atoms. The second-order valence-corrected chi connectivity index (χ2v) is 9.25. The molecule has 0 heterocycles. The topological polar surface area (TPSA) is 0 Å². The van der Waals surface area contributed by atoms with Gasteiger partial charge in [0.2, 0.25) is 0 Å². The molecule has 148 valence electrons. The van der Waals surface area contributed by atoms with Crippen LogP contribution in [-0.2, 0) is 19.3 Å². The van der Waals surface area contributed by atoms with Crippen molar-refractivity contribution in [3.8, 4) is 0 Å². The van der Waals surface area contributed by atoms with Gasteiger partial charge in [0, 0.05) is 0 Å². The molecule has 0 unspecified atom stereocenters. The lowest BCUT2D eigenvalue weighted by atomic mass is 9.71. The summed E-state index contributed by atoms with van der Waals surface area (Å²) in [4.78, 5) is 0. The molecule has 0 spiro atoms. The number of aryl methyl sites for hydroxylation is 2. The van der Waals surface area contributed by atoms with E-state index in [1.807, 2.05) is 0 Å². The predicted molar refractivity (Wildman–Crippen MR) is 129 cm³/mol. The minimum Gasteiger partial charge on any atom is -0.0836 e. The summed E-state index contributed by atoms with van der Waals surface area (Å²) < 4.78 is 0. The molecule has 0 nitrogen and oxygen atoms in total. The Balaban J connectivity index is 1.43. The highest BCUT2D eigenvalue weighted by atomic mass is 14.3. The van der Waals surface area contributed by atoms with Crippen LogP contribution >= 0.6 is 0 Å². The van der Waals surface area contributed by atoms with Crippen molar-refractivity contribution in [2.45, 2.75) is 44.9 Å². The smallest absolute Gasteiger partial charge is 0.00766 e. The Kier molecular flexibility index (Phi) is 4.27. The van der Waals surface area contributed by atoms with Crippen molar-refractivity contribution < 1.29 is 0 Å². The molecule has 0 fully saturated rings. The molecule has 4 aromatic rings. The number of hydrogen-bond donors (Lipinski definition) is 0. The molecule has 0 saturated heterocycles. The van der Waals surface area contributed by atoms with Gasteiger partial charge in [0.1, 0.15) is 0 Å². The van der Waals surface area contributed by atoms with Crippen molar-refractivity contribution in [2.75, 3.05) is 0 Å². The lowest BCUT2D eigenvalue weighted by Crippen LogP contribution is -2.21. The molecule has 6 rings (SSSR count). The molecule has 4 aromatic carbocycles. The summed E-state index contributed by atoms with van der Waals surface area (Å²) in [6.45, 7) is 2.47. The minimum atomic E-state index is 0.588. The first-order valence-corrected chi connectivity index (χ1v) is 11.5. The lowest BCUT2D eigenvalue weighted by Gasteiger charge is -2.33. The van der Waals surface area contributed by atoms with Gasteiger partial charge in [0.05, 0.1) is 0 Å². The highest BCUT2D eigenvalue weighted by molar-refractivity contribution is 5.95. The normalized spacial score (nSPS) is 20.3. The highest BCUT2D eigenvalue weighted by Crippen LogP contribution is 2.42. The van der Waals surface area contributed by atoms with E-state index >= 15 is 0 Å². The zero-order valence-electron chi connectivity index (χ0n) is 17.7. The molecule has 0 aliphatic heterocycles. The van der Waals surface area contributed by atoms with Gasteiger partial charge >= 0.3 is 0 Å². The van der Waals surface area contributed by atoms with Crippen LogP contribution in [0.5, 0.6) is 0 Å². The van der Waals surface area contributed by atoms with Gasteiger partial charge in [-0.2, -0.15) is 0 Å².